The zero-order valence-electron chi connectivity index (χ0n) is 21.6. The summed E-state index contributed by atoms with van der Waals surface area (Å²) < 4.78 is 41.8. The van der Waals surface area contributed by atoms with Crippen LogP contribution in [0.3, 0.4) is 0 Å². The highest BCUT2D eigenvalue weighted by atomic mass is 19.4. The normalized spacial score (nSPS) is 19.2. The van der Waals surface area contributed by atoms with E-state index in [1.54, 1.807) is 24.4 Å². The Bertz CT molecular complexity index is 1470. The molecule has 0 aliphatic carbocycles. The highest BCUT2D eigenvalue weighted by Crippen LogP contribution is 2.34. The van der Waals surface area contributed by atoms with Gasteiger partial charge in [-0.3, -0.25) is 9.69 Å². The number of aryl methyl sites for hydroxylation is 1. The highest BCUT2D eigenvalue weighted by molar-refractivity contribution is 6.21. The molecule has 7 nitrogen and oxygen atoms in total. The van der Waals surface area contributed by atoms with Gasteiger partial charge in [-0.1, -0.05) is 24.1 Å². The van der Waals surface area contributed by atoms with Crippen molar-refractivity contribution in [2.75, 3.05) is 38.5 Å². The lowest BCUT2D eigenvalue weighted by Crippen LogP contribution is -2.44. The predicted octanol–water partition coefficient (Wildman–Crippen LogP) is 4.39. The van der Waals surface area contributed by atoms with Gasteiger partial charge in [-0.05, 0) is 61.4 Å². The molecule has 10 heteroatoms. The van der Waals surface area contributed by atoms with Gasteiger partial charge in [0.15, 0.2) is 5.84 Å². The van der Waals surface area contributed by atoms with Crippen molar-refractivity contribution in [3.63, 3.8) is 0 Å². The van der Waals surface area contributed by atoms with Crippen LogP contribution < -0.4 is 5.32 Å². The fourth-order valence-electron chi connectivity index (χ4n) is 4.55. The fourth-order valence-corrected chi connectivity index (χ4v) is 4.55. The van der Waals surface area contributed by atoms with Crippen LogP contribution in [0.5, 0.6) is 0 Å². The summed E-state index contributed by atoms with van der Waals surface area (Å²) in [4.78, 5) is 21.3. The Balaban J connectivity index is 1.32. The van der Waals surface area contributed by atoms with Crippen molar-refractivity contribution in [2.45, 2.75) is 19.6 Å². The standard InChI is InChI=1S/C29H27F3N6O/c1-19-5-6-21(16-20(19)8-10-26-24-4-3-11-33-27(24)36-35-26)28(39)34-23-9-7-22(25(17-23)29(30,31)32)18-38-14-12-37(2)13-15-38/h3-7,9,11,16-17,24H,12-15,18H2,1-2H3,(H,34,39). The number of dihydropyridines is 1. The van der Waals surface area contributed by atoms with Gasteiger partial charge in [0.25, 0.3) is 5.91 Å². The molecule has 0 spiro atoms. The zero-order chi connectivity index (χ0) is 27.6. The first-order chi connectivity index (χ1) is 18.7. The number of nitrogens with zero attached hydrogens (tertiary/aromatic N) is 5. The minimum atomic E-state index is -4.54. The minimum Gasteiger partial charge on any atom is -0.322 e. The molecule has 3 aliphatic heterocycles. The number of amidine groups is 1. The van der Waals surface area contributed by atoms with E-state index in [2.05, 4.69) is 37.3 Å². The Hall–Kier alpha value is -4.07. The molecule has 0 bridgehead atoms. The van der Waals surface area contributed by atoms with Crippen LogP contribution in [0.25, 0.3) is 0 Å². The molecular formula is C29H27F3N6O. The Morgan fingerprint density at radius 3 is 2.64 bits per heavy atom. The van der Waals surface area contributed by atoms with Gasteiger partial charge in [0.1, 0.15) is 5.71 Å². The van der Waals surface area contributed by atoms with Crippen molar-refractivity contribution in [3.05, 3.63) is 76.4 Å². The molecule has 0 radical (unpaired) electrons. The van der Waals surface area contributed by atoms with Gasteiger partial charge in [0.05, 0.1) is 11.5 Å². The maximum absolute atomic E-state index is 13.9. The smallest absolute Gasteiger partial charge is 0.322 e. The van der Waals surface area contributed by atoms with E-state index in [-0.39, 0.29) is 29.3 Å². The first kappa shape index (κ1) is 26.5. The number of aliphatic imine (C=N–C) groups is 1. The molecule has 1 unspecified atom stereocenters. The minimum absolute atomic E-state index is 0.0808. The summed E-state index contributed by atoms with van der Waals surface area (Å²) in [7, 11) is 2.00. The van der Waals surface area contributed by atoms with Crippen molar-refractivity contribution < 1.29 is 18.0 Å². The molecule has 200 valence electrons. The SMILES string of the molecule is Cc1ccc(C(=O)Nc2ccc(CN3CCN(C)CC3)c(C(F)(F)F)c2)cc1C#CC1=NN=C2N=CC=CC12. The van der Waals surface area contributed by atoms with E-state index in [1.807, 2.05) is 31.0 Å². The summed E-state index contributed by atoms with van der Waals surface area (Å²) in [5, 5.41) is 10.8. The first-order valence-electron chi connectivity index (χ1n) is 12.6. The summed E-state index contributed by atoms with van der Waals surface area (Å²) in [5.41, 5.74) is 1.84. The van der Waals surface area contributed by atoms with Gasteiger partial charge in [0, 0.05) is 55.8 Å². The van der Waals surface area contributed by atoms with Crippen molar-refractivity contribution in [3.8, 4) is 11.8 Å². The van der Waals surface area contributed by atoms with Gasteiger partial charge in [-0.2, -0.15) is 13.2 Å². The summed E-state index contributed by atoms with van der Waals surface area (Å²) >= 11 is 0. The predicted molar refractivity (Wildman–Crippen MR) is 146 cm³/mol. The number of carbonyl (C=O) groups excluding carboxylic acids is 1. The topological polar surface area (TPSA) is 72.7 Å². The van der Waals surface area contributed by atoms with Crippen molar-refractivity contribution in [2.24, 2.45) is 21.1 Å². The van der Waals surface area contributed by atoms with Gasteiger partial charge in [-0.15, -0.1) is 10.2 Å². The van der Waals surface area contributed by atoms with Gasteiger partial charge >= 0.3 is 6.18 Å². The van der Waals surface area contributed by atoms with Crippen LogP contribution in [0.1, 0.15) is 32.6 Å². The second kappa shape index (κ2) is 11.0. The van der Waals surface area contributed by atoms with Gasteiger partial charge < -0.3 is 10.2 Å². The maximum atomic E-state index is 13.9. The summed E-state index contributed by atoms with van der Waals surface area (Å²) in [6.45, 7) is 5.11. The quantitative estimate of drug-likeness (QED) is 0.594. The average Bonchev–Trinajstić information content (AvgIpc) is 3.33. The number of hydrogen-bond donors (Lipinski definition) is 1. The lowest BCUT2D eigenvalue weighted by atomic mass is 9.99. The van der Waals surface area contributed by atoms with Crippen molar-refractivity contribution in [1.29, 1.82) is 0 Å². The number of hydrogen-bond acceptors (Lipinski definition) is 6. The highest BCUT2D eigenvalue weighted by Gasteiger charge is 2.34. The van der Waals surface area contributed by atoms with Crippen molar-refractivity contribution in [1.82, 2.24) is 9.80 Å². The first-order valence-corrected chi connectivity index (χ1v) is 12.6. The number of fused-ring (bicyclic) bond motifs is 1. The number of carbonyl (C=O) groups is 1. The van der Waals surface area contributed by atoms with Crippen LogP contribution in [0, 0.1) is 24.7 Å². The van der Waals surface area contributed by atoms with Crippen molar-refractivity contribution >= 4 is 29.4 Å². The number of alkyl halides is 3. The molecule has 1 N–H and O–H groups in total. The van der Waals surface area contributed by atoms with Crippen LogP contribution >= 0.6 is 0 Å². The van der Waals surface area contributed by atoms with E-state index >= 15 is 0 Å². The van der Waals surface area contributed by atoms with Crippen LogP contribution in [0.15, 0.2) is 63.7 Å². The summed E-state index contributed by atoms with van der Waals surface area (Å²) in [5.74, 6) is 5.94. The van der Waals surface area contributed by atoms with E-state index in [4.69, 9.17) is 0 Å². The van der Waals surface area contributed by atoms with Gasteiger partial charge in [0.2, 0.25) is 0 Å². The number of amides is 1. The number of nitrogens with one attached hydrogen (secondary N) is 1. The second-order valence-corrected chi connectivity index (χ2v) is 9.77. The zero-order valence-corrected chi connectivity index (χ0v) is 21.6. The third-order valence-corrected chi connectivity index (χ3v) is 6.92. The lowest BCUT2D eigenvalue weighted by molar-refractivity contribution is -0.138. The molecule has 1 atom stereocenters. The number of likely N-dealkylation sites (N-methyl/N-ethyl adjacent to an activating group) is 1. The number of benzene rings is 2. The van der Waals surface area contributed by atoms with E-state index in [0.29, 0.717) is 30.2 Å². The molecule has 5 rings (SSSR count). The van der Waals surface area contributed by atoms with E-state index in [9.17, 15) is 18.0 Å². The second-order valence-electron chi connectivity index (χ2n) is 9.77. The number of piperazine rings is 1. The lowest BCUT2D eigenvalue weighted by Gasteiger charge is -2.33. The molecule has 0 aromatic heterocycles. The molecular weight excluding hydrogens is 505 g/mol. The largest absolute Gasteiger partial charge is 0.416 e. The molecule has 2 aromatic rings. The molecule has 2 aromatic carbocycles. The van der Waals surface area contributed by atoms with Crippen LogP contribution in [-0.4, -0.2) is 66.7 Å². The van der Waals surface area contributed by atoms with Crippen LogP contribution in [-0.2, 0) is 12.7 Å². The molecule has 3 aliphatic rings. The fraction of sp³-hybridized carbons (Fsp3) is 0.310. The number of rotatable bonds is 4. The maximum Gasteiger partial charge on any atom is 0.416 e. The number of allylic oxidation sites excluding steroid dienone is 1. The molecule has 1 saturated heterocycles. The van der Waals surface area contributed by atoms with Crippen LogP contribution in [0.2, 0.25) is 0 Å². The Kier molecular flexibility index (Phi) is 7.46. The third kappa shape index (κ3) is 6.16. The van der Waals surface area contributed by atoms with E-state index in [0.717, 1.165) is 24.7 Å². The molecule has 0 saturated carbocycles. The Morgan fingerprint density at radius 2 is 1.87 bits per heavy atom. The monoisotopic (exact) mass is 532 g/mol. The van der Waals surface area contributed by atoms with E-state index < -0.39 is 17.6 Å². The number of halogens is 3. The van der Waals surface area contributed by atoms with Gasteiger partial charge in [-0.25, -0.2) is 4.99 Å². The Labute approximate surface area is 224 Å². The summed E-state index contributed by atoms with van der Waals surface area (Å²) in [6.07, 6.45) is 0.827. The molecule has 1 amide bonds. The van der Waals surface area contributed by atoms with E-state index in [1.165, 1.54) is 12.1 Å². The molecule has 39 heavy (non-hydrogen) atoms. The third-order valence-electron chi connectivity index (χ3n) is 6.92. The number of anilines is 1. The van der Waals surface area contributed by atoms with Crippen LogP contribution in [0.4, 0.5) is 18.9 Å². The summed E-state index contributed by atoms with van der Waals surface area (Å²) in [6, 6.07) is 8.97. The molecule has 1 fully saturated rings. The Morgan fingerprint density at radius 1 is 1.08 bits per heavy atom. The molecule has 3 heterocycles. The average molecular weight is 533 g/mol.